The third-order valence-electron chi connectivity index (χ3n) is 4.04. The minimum atomic E-state index is -1.07. The predicted molar refractivity (Wildman–Crippen MR) is 105 cm³/mol. The van der Waals surface area contributed by atoms with Crippen LogP contribution in [0, 0.1) is 11.3 Å². The van der Waals surface area contributed by atoms with E-state index in [-0.39, 0.29) is 12.3 Å². The number of nitrogens with one attached hydrogen (secondary N) is 2. The van der Waals surface area contributed by atoms with Crippen molar-refractivity contribution in [2.24, 2.45) is 0 Å². The summed E-state index contributed by atoms with van der Waals surface area (Å²) in [4.78, 5) is 37.5. The van der Waals surface area contributed by atoms with E-state index < -0.39 is 23.2 Å². The van der Waals surface area contributed by atoms with E-state index in [1.165, 1.54) is 18.7 Å². The third-order valence-corrected chi connectivity index (χ3v) is 5.32. The first-order valence-electron chi connectivity index (χ1n) is 8.54. The minimum absolute atomic E-state index is 0.156. The summed E-state index contributed by atoms with van der Waals surface area (Å²) in [6, 6.07) is 15.8. The van der Waals surface area contributed by atoms with Crippen LogP contribution < -0.4 is 10.6 Å². The number of esters is 1. The van der Waals surface area contributed by atoms with E-state index in [9.17, 15) is 14.4 Å². The number of fused-ring (bicyclic) bond motifs is 1. The Kier molecular flexibility index (Phi) is 5.96. The highest BCUT2D eigenvalue weighted by Gasteiger charge is 2.30. The van der Waals surface area contributed by atoms with E-state index in [1.54, 1.807) is 30.3 Å². The lowest BCUT2D eigenvalue weighted by Crippen LogP contribution is -2.34. The van der Waals surface area contributed by atoms with Crippen molar-refractivity contribution in [2.75, 3.05) is 10.6 Å². The molecule has 2 atom stereocenters. The highest BCUT2D eigenvalue weighted by molar-refractivity contribution is 8.01. The van der Waals surface area contributed by atoms with Crippen LogP contribution in [0.2, 0.25) is 0 Å². The van der Waals surface area contributed by atoms with Gasteiger partial charge in [-0.3, -0.25) is 14.4 Å². The van der Waals surface area contributed by atoms with Crippen LogP contribution >= 0.6 is 11.8 Å². The van der Waals surface area contributed by atoms with E-state index in [2.05, 4.69) is 10.6 Å². The van der Waals surface area contributed by atoms with Crippen molar-refractivity contribution >= 4 is 40.9 Å². The molecule has 2 amide bonds. The van der Waals surface area contributed by atoms with Crippen molar-refractivity contribution in [1.29, 1.82) is 5.26 Å². The summed E-state index contributed by atoms with van der Waals surface area (Å²) in [5.74, 6) is -1.48. The number of hydrogen-bond acceptors (Lipinski definition) is 6. The largest absolute Gasteiger partial charge is 0.452 e. The molecule has 7 nitrogen and oxygen atoms in total. The molecule has 142 valence electrons. The molecule has 1 heterocycles. The Balaban J connectivity index is 1.56. The molecular formula is C20H17N3O4S. The number of nitrogens with zero attached hydrogens (tertiary/aromatic N) is 1. The Morgan fingerprint density at radius 3 is 2.75 bits per heavy atom. The van der Waals surface area contributed by atoms with Gasteiger partial charge < -0.3 is 15.4 Å². The number of ether oxygens (including phenoxy) is 1. The van der Waals surface area contributed by atoms with Crippen LogP contribution in [0.15, 0.2) is 53.4 Å². The van der Waals surface area contributed by atoms with Crippen molar-refractivity contribution < 1.29 is 19.1 Å². The van der Waals surface area contributed by atoms with E-state index in [0.29, 0.717) is 16.9 Å². The Labute approximate surface area is 166 Å². The van der Waals surface area contributed by atoms with Gasteiger partial charge in [0.25, 0.3) is 5.91 Å². The average molecular weight is 395 g/mol. The molecule has 0 fully saturated rings. The zero-order chi connectivity index (χ0) is 20.1. The average Bonchev–Trinajstić information content (AvgIpc) is 2.68. The summed E-state index contributed by atoms with van der Waals surface area (Å²) in [5.41, 5.74) is 1.37. The fourth-order valence-electron chi connectivity index (χ4n) is 2.60. The van der Waals surface area contributed by atoms with Gasteiger partial charge in [-0.2, -0.15) is 5.26 Å². The van der Waals surface area contributed by atoms with E-state index in [0.717, 1.165) is 4.90 Å². The summed E-state index contributed by atoms with van der Waals surface area (Å²) in [5, 5.41) is 13.8. The number of benzene rings is 2. The second-order valence-electron chi connectivity index (χ2n) is 6.07. The van der Waals surface area contributed by atoms with Gasteiger partial charge in [0.1, 0.15) is 6.07 Å². The molecule has 0 saturated heterocycles. The van der Waals surface area contributed by atoms with Crippen LogP contribution in [-0.4, -0.2) is 29.1 Å². The van der Waals surface area contributed by atoms with Crippen LogP contribution in [0.25, 0.3) is 0 Å². The summed E-state index contributed by atoms with van der Waals surface area (Å²) in [6.45, 7) is 1.44. The number of rotatable bonds is 5. The quantitative estimate of drug-likeness (QED) is 0.754. The van der Waals surface area contributed by atoms with Gasteiger partial charge >= 0.3 is 5.97 Å². The van der Waals surface area contributed by atoms with Gasteiger partial charge in [-0.05, 0) is 31.2 Å². The van der Waals surface area contributed by atoms with E-state index in [1.807, 2.05) is 24.3 Å². The Bertz CT molecular complexity index is 970. The second kappa shape index (κ2) is 8.59. The molecule has 0 aliphatic carbocycles. The van der Waals surface area contributed by atoms with Crippen LogP contribution in [0.4, 0.5) is 11.4 Å². The SMILES string of the molecule is C[C@@H](OC(=O)C[C@@H]1Sc2ccccc2NC1=O)C(=O)Nc1ccccc1C#N. The van der Waals surface area contributed by atoms with Gasteiger partial charge in [-0.15, -0.1) is 11.8 Å². The number of para-hydroxylation sites is 2. The molecule has 1 aliphatic heterocycles. The lowest BCUT2D eigenvalue weighted by atomic mass is 10.2. The zero-order valence-corrected chi connectivity index (χ0v) is 15.8. The highest BCUT2D eigenvalue weighted by atomic mass is 32.2. The van der Waals surface area contributed by atoms with Gasteiger partial charge in [0.15, 0.2) is 6.10 Å². The van der Waals surface area contributed by atoms with Gasteiger partial charge in [-0.1, -0.05) is 24.3 Å². The maximum Gasteiger partial charge on any atom is 0.308 e. The molecule has 0 spiro atoms. The number of thioether (sulfide) groups is 1. The highest BCUT2D eigenvalue weighted by Crippen LogP contribution is 2.36. The summed E-state index contributed by atoms with van der Waals surface area (Å²) < 4.78 is 5.17. The van der Waals surface area contributed by atoms with Gasteiger partial charge in [-0.25, -0.2) is 0 Å². The Hall–Kier alpha value is -3.31. The lowest BCUT2D eigenvalue weighted by Gasteiger charge is -2.23. The van der Waals surface area contributed by atoms with E-state index >= 15 is 0 Å². The molecule has 1 aliphatic rings. The fraction of sp³-hybridized carbons (Fsp3) is 0.200. The molecule has 0 radical (unpaired) electrons. The molecule has 2 aromatic rings. The zero-order valence-electron chi connectivity index (χ0n) is 15.0. The molecule has 28 heavy (non-hydrogen) atoms. The minimum Gasteiger partial charge on any atom is -0.452 e. The maximum atomic E-state index is 12.3. The van der Waals surface area contributed by atoms with Crippen LogP contribution in [0.5, 0.6) is 0 Å². The first-order chi connectivity index (χ1) is 13.5. The molecule has 8 heteroatoms. The summed E-state index contributed by atoms with van der Waals surface area (Å²) >= 11 is 1.29. The Morgan fingerprint density at radius 1 is 1.25 bits per heavy atom. The molecule has 0 bridgehead atoms. The molecule has 0 saturated carbocycles. The number of carbonyl (C=O) groups is 3. The first kappa shape index (κ1) is 19.5. The molecule has 0 unspecified atom stereocenters. The Morgan fingerprint density at radius 2 is 1.96 bits per heavy atom. The second-order valence-corrected chi connectivity index (χ2v) is 7.32. The lowest BCUT2D eigenvalue weighted by molar-refractivity contribution is -0.153. The number of hydrogen-bond donors (Lipinski definition) is 2. The molecule has 2 aromatic carbocycles. The van der Waals surface area contributed by atoms with Crippen molar-refractivity contribution in [3.63, 3.8) is 0 Å². The van der Waals surface area contributed by atoms with Crippen molar-refractivity contribution in [1.82, 2.24) is 0 Å². The standard InChI is InChI=1S/C20H17N3O4S/c1-12(19(25)22-14-7-3-2-6-13(14)11-21)27-18(24)10-17-20(26)23-15-8-4-5-9-16(15)28-17/h2-9,12,17H,10H2,1H3,(H,22,25)(H,23,26)/t12-,17+/m1/s1. The van der Waals surface area contributed by atoms with Crippen molar-refractivity contribution in [3.05, 3.63) is 54.1 Å². The number of carbonyl (C=O) groups excluding carboxylic acids is 3. The normalized spacial score (nSPS) is 16.1. The van der Waals surface area contributed by atoms with Gasteiger partial charge in [0, 0.05) is 4.90 Å². The summed E-state index contributed by atoms with van der Waals surface area (Å²) in [6.07, 6.45) is -1.22. The van der Waals surface area contributed by atoms with Crippen LogP contribution in [-0.2, 0) is 19.1 Å². The van der Waals surface area contributed by atoms with Crippen molar-refractivity contribution in [3.8, 4) is 6.07 Å². The topological polar surface area (TPSA) is 108 Å². The molecule has 0 aromatic heterocycles. The third kappa shape index (κ3) is 4.50. The number of amides is 2. The van der Waals surface area contributed by atoms with Crippen LogP contribution in [0.3, 0.4) is 0 Å². The maximum absolute atomic E-state index is 12.3. The first-order valence-corrected chi connectivity index (χ1v) is 9.42. The number of nitriles is 1. The summed E-state index contributed by atoms with van der Waals surface area (Å²) in [7, 11) is 0. The molecule has 2 N–H and O–H groups in total. The fourth-order valence-corrected chi connectivity index (χ4v) is 3.70. The van der Waals surface area contributed by atoms with Gasteiger partial charge in [0.2, 0.25) is 5.91 Å². The molecular weight excluding hydrogens is 378 g/mol. The monoisotopic (exact) mass is 395 g/mol. The molecule has 3 rings (SSSR count). The van der Waals surface area contributed by atoms with E-state index in [4.69, 9.17) is 10.00 Å². The smallest absolute Gasteiger partial charge is 0.308 e. The number of anilines is 2. The van der Waals surface area contributed by atoms with Crippen LogP contribution in [0.1, 0.15) is 18.9 Å². The predicted octanol–water partition coefficient (Wildman–Crippen LogP) is 2.93. The van der Waals surface area contributed by atoms with Gasteiger partial charge in [0.05, 0.1) is 28.6 Å². The van der Waals surface area contributed by atoms with Crippen molar-refractivity contribution in [2.45, 2.75) is 29.6 Å².